The number of carbonyl (C=O) groups excluding carboxylic acids is 1. The van der Waals surface area contributed by atoms with Gasteiger partial charge in [0.15, 0.2) is 0 Å². The molecule has 1 amide bonds. The maximum absolute atomic E-state index is 11.6. The number of rotatable bonds is 8. The first-order chi connectivity index (χ1) is 8.76. The van der Waals surface area contributed by atoms with Crippen LogP contribution >= 0.6 is 0 Å². The van der Waals surface area contributed by atoms with Gasteiger partial charge in [-0.3, -0.25) is 4.79 Å². The maximum atomic E-state index is 11.6. The summed E-state index contributed by atoms with van der Waals surface area (Å²) in [5.41, 5.74) is 0.788. The Labute approximate surface area is 109 Å². The van der Waals surface area contributed by atoms with Crippen molar-refractivity contribution in [2.45, 2.75) is 26.2 Å². The Balaban J connectivity index is 2.22. The molecule has 4 heteroatoms. The first-order valence-electron chi connectivity index (χ1n) is 6.41. The third-order valence-electron chi connectivity index (χ3n) is 2.62. The zero-order valence-electron chi connectivity index (χ0n) is 11.2. The second-order valence-electron chi connectivity index (χ2n) is 4.16. The van der Waals surface area contributed by atoms with Crippen molar-refractivity contribution in [2.24, 2.45) is 0 Å². The van der Waals surface area contributed by atoms with Gasteiger partial charge in [-0.2, -0.15) is 0 Å². The maximum Gasteiger partial charge on any atom is 0.238 e. The van der Waals surface area contributed by atoms with E-state index in [2.05, 4.69) is 17.6 Å². The number of nitrogens with one attached hydrogen (secondary N) is 2. The molecule has 0 saturated heterocycles. The molecule has 4 nitrogen and oxygen atoms in total. The number of amides is 1. The first kappa shape index (κ1) is 14.5. The minimum absolute atomic E-state index is 0.0170. The van der Waals surface area contributed by atoms with Gasteiger partial charge in [-0.15, -0.1) is 0 Å². The molecule has 2 N–H and O–H groups in total. The van der Waals surface area contributed by atoms with Crippen LogP contribution in [0.3, 0.4) is 0 Å². The molecule has 0 unspecified atom stereocenters. The number of carbonyl (C=O) groups is 1. The normalized spacial score (nSPS) is 10.1. The van der Waals surface area contributed by atoms with Crippen molar-refractivity contribution in [3.8, 4) is 5.75 Å². The molecule has 0 aliphatic rings. The predicted molar refractivity (Wildman–Crippen MR) is 74.0 cm³/mol. The molecule has 0 heterocycles. The van der Waals surface area contributed by atoms with E-state index in [4.69, 9.17) is 4.74 Å². The standard InChI is InChI=1S/C14H22N2O2/c1-3-4-5-10-15-11-14(17)16-12-6-8-13(18-2)9-7-12/h6-9,15H,3-5,10-11H2,1-2H3,(H,16,17). The Hall–Kier alpha value is -1.55. The molecule has 0 spiro atoms. The van der Waals surface area contributed by atoms with Crippen molar-refractivity contribution >= 4 is 11.6 Å². The van der Waals surface area contributed by atoms with E-state index < -0.39 is 0 Å². The van der Waals surface area contributed by atoms with E-state index in [1.165, 1.54) is 12.8 Å². The summed E-state index contributed by atoms with van der Waals surface area (Å²) in [6, 6.07) is 7.30. The number of benzene rings is 1. The SMILES string of the molecule is CCCCCNCC(=O)Nc1ccc(OC)cc1. The molecule has 1 aromatic carbocycles. The van der Waals surface area contributed by atoms with Gasteiger partial charge in [0.05, 0.1) is 13.7 Å². The quantitative estimate of drug-likeness (QED) is 0.697. The van der Waals surface area contributed by atoms with Crippen molar-refractivity contribution in [1.82, 2.24) is 5.32 Å². The summed E-state index contributed by atoms with van der Waals surface area (Å²) in [5.74, 6) is 0.766. The van der Waals surface area contributed by atoms with Gasteiger partial charge < -0.3 is 15.4 Å². The lowest BCUT2D eigenvalue weighted by atomic mass is 10.2. The first-order valence-corrected chi connectivity index (χ1v) is 6.41. The number of methoxy groups -OCH3 is 1. The molecule has 0 saturated carbocycles. The molecule has 0 atom stereocenters. The van der Waals surface area contributed by atoms with E-state index in [-0.39, 0.29) is 5.91 Å². The van der Waals surface area contributed by atoms with Crippen LogP contribution in [0.4, 0.5) is 5.69 Å². The number of hydrogen-bond acceptors (Lipinski definition) is 3. The number of ether oxygens (including phenoxy) is 1. The van der Waals surface area contributed by atoms with Gasteiger partial charge in [0.1, 0.15) is 5.75 Å². The molecule has 100 valence electrons. The van der Waals surface area contributed by atoms with Crippen molar-refractivity contribution in [1.29, 1.82) is 0 Å². The lowest BCUT2D eigenvalue weighted by Crippen LogP contribution is -2.28. The van der Waals surface area contributed by atoms with E-state index in [1.54, 1.807) is 7.11 Å². The van der Waals surface area contributed by atoms with Gasteiger partial charge in [0.25, 0.3) is 0 Å². The minimum atomic E-state index is -0.0170. The monoisotopic (exact) mass is 250 g/mol. The van der Waals surface area contributed by atoms with E-state index in [9.17, 15) is 4.79 Å². The van der Waals surface area contributed by atoms with Gasteiger partial charge in [-0.25, -0.2) is 0 Å². The fraction of sp³-hybridized carbons (Fsp3) is 0.500. The topological polar surface area (TPSA) is 50.4 Å². The second-order valence-corrected chi connectivity index (χ2v) is 4.16. The summed E-state index contributed by atoms with van der Waals surface area (Å²) in [6.45, 7) is 3.41. The summed E-state index contributed by atoms with van der Waals surface area (Å²) < 4.78 is 5.05. The number of unbranched alkanes of at least 4 members (excludes halogenated alkanes) is 2. The summed E-state index contributed by atoms with van der Waals surface area (Å²) in [6.07, 6.45) is 3.51. The summed E-state index contributed by atoms with van der Waals surface area (Å²) in [4.78, 5) is 11.6. The van der Waals surface area contributed by atoms with E-state index in [0.29, 0.717) is 6.54 Å². The van der Waals surface area contributed by atoms with Crippen molar-refractivity contribution in [3.63, 3.8) is 0 Å². The van der Waals surface area contributed by atoms with Crippen LogP contribution in [0.1, 0.15) is 26.2 Å². The highest BCUT2D eigenvalue weighted by Crippen LogP contribution is 2.14. The van der Waals surface area contributed by atoms with Crippen LogP contribution in [-0.4, -0.2) is 26.1 Å². The lowest BCUT2D eigenvalue weighted by molar-refractivity contribution is -0.115. The molecule has 0 fully saturated rings. The molecule has 0 aliphatic carbocycles. The average Bonchev–Trinajstić information content (AvgIpc) is 2.39. The Bertz CT molecular complexity index is 349. The predicted octanol–water partition coefficient (Wildman–Crippen LogP) is 2.41. The van der Waals surface area contributed by atoms with Crippen LogP contribution < -0.4 is 15.4 Å². The highest BCUT2D eigenvalue weighted by Gasteiger charge is 2.01. The molecule has 1 aromatic rings. The van der Waals surface area contributed by atoms with Crippen LogP contribution in [0.25, 0.3) is 0 Å². The molecule has 0 aliphatic heterocycles. The molecular weight excluding hydrogens is 228 g/mol. The Kier molecular flexibility index (Phi) is 6.87. The molecule has 0 radical (unpaired) electrons. The van der Waals surface area contributed by atoms with Crippen LogP contribution in [0.2, 0.25) is 0 Å². The highest BCUT2D eigenvalue weighted by molar-refractivity contribution is 5.92. The summed E-state index contributed by atoms with van der Waals surface area (Å²) >= 11 is 0. The van der Waals surface area contributed by atoms with Gasteiger partial charge in [-0.1, -0.05) is 19.8 Å². The van der Waals surface area contributed by atoms with E-state index in [1.807, 2.05) is 24.3 Å². The molecule has 18 heavy (non-hydrogen) atoms. The van der Waals surface area contributed by atoms with Crippen molar-refractivity contribution < 1.29 is 9.53 Å². The van der Waals surface area contributed by atoms with Gasteiger partial charge >= 0.3 is 0 Å². The zero-order chi connectivity index (χ0) is 13.2. The van der Waals surface area contributed by atoms with Crippen LogP contribution in [0, 0.1) is 0 Å². The van der Waals surface area contributed by atoms with Gasteiger partial charge in [0.2, 0.25) is 5.91 Å². The van der Waals surface area contributed by atoms with E-state index >= 15 is 0 Å². The third kappa shape index (κ3) is 5.68. The molecule has 0 aromatic heterocycles. The second kappa shape index (κ2) is 8.53. The third-order valence-corrected chi connectivity index (χ3v) is 2.62. The largest absolute Gasteiger partial charge is 0.497 e. The smallest absolute Gasteiger partial charge is 0.238 e. The average molecular weight is 250 g/mol. The highest BCUT2D eigenvalue weighted by atomic mass is 16.5. The lowest BCUT2D eigenvalue weighted by Gasteiger charge is -2.07. The molecular formula is C14H22N2O2. The van der Waals surface area contributed by atoms with Crippen molar-refractivity contribution in [3.05, 3.63) is 24.3 Å². The fourth-order valence-electron chi connectivity index (χ4n) is 1.58. The van der Waals surface area contributed by atoms with Crippen LogP contribution in [-0.2, 0) is 4.79 Å². The zero-order valence-corrected chi connectivity index (χ0v) is 11.2. The number of anilines is 1. The van der Waals surface area contributed by atoms with Crippen LogP contribution in [0.5, 0.6) is 5.75 Å². The Morgan fingerprint density at radius 1 is 1.22 bits per heavy atom. The van der Waals surface area contributed by atoms with Gasteiger partial charge in [0, 0.05) is 5.69 Å². The Morgan fingerprint density at radius 3 is 2.56 bits per heavy atom. The minimum Gasteiger partial charge on any atom is -0.497 e. The fourth-order valence-corrected chi connectivity index (χ4v) is 1.58. The van der Waals surface area contributed by atoms with Crippen molar-refractivity contribution in [2.75, 3.05) is 25.5 Å². The Morgan fingerprint density at radius 2 is 1.94 bits per heavy atom. The number of hydrogen-bond donors (Lipinski definition) is 2. The van der Waals surface area contributed by atoms with Gasteiger partial charge in [-0.05, 0) is 37.2 Å². The summed E-state index contributed by atoms with van der Waals surface area (Å²) in [5, 5.41) is 5.95. The van der Waals surface area contributed by atoms with E-state index in [0.717, 1.165) is 24.4 Å². The van der Waals surface area contributed by atoms with Crippen LogP contribution in [0.15, 0.2) is 24.3 Å². The molecule has 0 bridgehead atoms. The summed E-state index contributed by atoms with van der Waals surface area (Å²) in [7, 11) is 1.62. The molecule has 1 rings (SSSR count).